The monoisotopic (exact) mass is 290 g/mol. The number of nitrogen functional groups attached to an aromatic ring is 1. The summed E-state index contributed by atoms with van der Waals surface area (Å²) in [5.74, 6) is -0.983. The smallest absolute Gasteiger partial charge is 0.335 e. The third-order valence-corrected chi connectivity index (χ3v) is 3.27. The fourth-order valence-corrected chi connectivity index (χ4v) is 2.11. The third kappa shape index (κ3) is 3.22. The normalized spacial score (nSPS) is 10.3. The molecule has 0 unspecified atom stereocenters. The molecule has 5 heteroatoms. The minimum atomic E-state index is -0.983. The van der Waals surface area contributed by atoms with Gasteiger partial charge in [-0.15, -0.1) is 0 Å². The fraction of sp³-hybridized carbons (Fsp3) is 0.133. The zero-order valence-corrected chi connectivity index (χ0v) is 11.8. The van der Waals surface area contributed by atoms with Gasteiger partial charge >= 0.3 is 5.97 Å². The van der Waals surface area contributed by atoms with Crippen LogP contribution >= 0.6 is 11.6 Å². The van der Waals surface area contributed by atoms with Crippen LogP contribution in [-0.4, -0.2) is 18.1 Å². The number of carboxylic acids is 1. The molecule has 3 N–H and O–H groups in total. The summed E-state index contributed by atoms with van der Waals surface area (Å²) in [5.41, 5.74) is 8.44. The van der Waals surface area contributed by atoms with Crippen molar-refractivity contribution in [1.82, 2.24) is 0 Å². The molecule has 0 spiro atoms. The Labute approximate surface area is 122 Å². The summed E-state index contributed by atoms with van der Waals surface area (Å²) in [5, 5.41) is 9.61. The van der Waals surface area contributed by atoms with Crippen molar-refractivity contribution >= 4 is 28.9 Å². The van der Waals surface area contributed by atoms with Crippen LogP contribution in [0.3, 0.4) is 0 Å². The van der Waals surface area contributed by atoms with Crippen LogP contribution in [0.2, 0.25) is 5.02 Å². The molecule has 2 aromatic rings. The van der Waals surface area contributed by atoms with Crippen molar-refractivity contribution in [2.24, 2.45) is 0 Å². The molecule has 0 saturated carbocycles. The molecule has 0 aliphatic carbocycles. The highest BCUT2D eigenvalue weighted by atomic mass is 35.5. The molecular weight excluding hydrogens is 276 g/mol. The van der Waals surface area contributed by atoms with E-state index < -0.39 is 5.97 Å². The van der Waals surface area contributed by atoms with Crippen molar-refractivity contribution in [3.05, 3.63) is 58.6 Å². The lowest BCUT2D eigenvalue weighted by Gasteiger charge is -2.21. The maximum atomic E-state index is 10.9. The lowest BCUT2D eigenvalue weighted by atomic mass is 10.1. The van der Waals surface area contributed by atoms with Crippen LogP contribution in [0.4, 0.5) is 11.4 Å². The fourth-order valence-electron chi connectivity index (χ4n) is 1.98. The quantitative estimate of drug-likeness (QED) is 0.848. The van der Waals surface area contributed by atoms with Crippen molar-refractivity contribution in [2.45, 2.75) is 6.54 Å². The molecule has 0 fully saturated rings. The molecule has 0 heterocycles. The molecule has 104 valence electrons. The molecule has 2 aromatic carbocycles. The first-order valence-corrected chi connectivity index (χ1v) is 6.43. The number of nitrogens with two attached hydrogens (primary N) is 1. The van der Waals surface area contributed by atoms with Gasteiger partial charge < -0.3 is 15.7 Å². The summed E-state index contributed by atoms with van der Waals surface area (Å²) < 4.78 is 0. The van der Waals surface area contributed by atoms with Crippen LogP contribution in [0.1, 0.15) is 15.9 Å². The summed E-state index contributed by atoms with van der Waals surface area (Å²) in [6.45, 7) is 0.661. The Morgan fingerprint density at radius 2 is 1.90 bits per heavy atom. The standard InChI is InChI=1S/C15H15ClN2O2/c1-18(9-10-2-5-12(16)6-3-10)14-7-4-11(15(19)20)8-13(14)17/h2-8H,9,17H2,1H3,(H,19,20). The Kier molecular flexibility index (Phi) is 4.15. The zero-order valence-electron chi connectivity index (χ0n) is 11.0. The highest BCUT2D eigenvalue weighted by molar-refractivity contribution is 6.30. The van der Waals surface area contributed by atoms with E-state index >= 15 is 0 Å². The van der Waals surface area contributed by atoms with E-state index in [4.69, 9.17) is 22.4 Å². The first-order valence-electron chi connectivity index (χ1n) is 6.06. The van der Waals surface area contributed by atoms with Crippen molar-refractivity contribution in [2.75, 3.05) is 17.7 Å². The predicted molar refractivity (Wildman–Crippen MR) is 81.4 cm³/mol. The lowest BCUT2D eigenvalue weighted by Crippen LogP contribution is -2.18. The van der Waals surface area contributed by atoms with E-state index in [9.17, 15) is 4.79 Å². The van der Waals surface area contributed by atoms with Crippen molar-refractivity contribution in [3.8, 4) is 0 Å². The number of carboxylic acid groups (broad SMARTS) is 1. The van der Waals surface area contributed by atoms with E-state index in [0.29, 0.717) is 17.3 Å². The van der Waals surface area contributed by atoms with Crippen LogP contribution in [0, 0.1) is 0 Å². The summed E-state index contributed by atoms with van der Waals surface area (Å²) in [4.78, 5) is 12.8. The third-order valence-electron chi connectivity index (χ3n) is 3.02. The Hall–Kier alpha value is -2.20. The molecule has 0 bridgehead atoms. The average Bonchev–Trinajstić information content (AvgIpc) is 2.41. The van der Waals surface area contributed by atoms with Crippen LogP contribution in [0.5, 0.6) is 0 Å². The van der Waals surface area contributed by atoms with Crippen LogP contribution < -0.4 is 10.6 Å². The number of nitrogens with zero attached hydrogens (tertiary/aromatic N) is 1. The average molecular weight is 291 g/mol. The number of carbonyl (C=O) groups is 1. The molecule has 0 atom stereocenters. The molecule has 0 aliphatic heterocycles. The topological polar surface area (TPSA) is 66.6 Å². The first kappa shape index (κ1) is 14.2. The van der Waals surface area contributed by atoms with Gasteiger partial charge in [-0.1, -0.05) is 23.7 Å². The van der Waals surface area contributed by atoms with Gasteiger partial charge in [0.05, 0.1) is 16.9 Å². The van der Waals surface area contributed by atoms with E-state index in [0.717, 1.165) is 11.3 Å². The maximum Gasteiger partial charge on any atom is 0.335 e. The Bertz CT molecular complexity index is 626. The van der Waals surface area contributed by atoms with Crippen LogP contribution in [0.15, 0.2) is 42.5 Å². The van der Waals surface area contributed by atoms with Crippen molar-refractivity contribution < 1.29 is 9.90 Å². The lowest BCUT2D eigenvalue weighted by molar-refractivity contribution is 0.0697. The highest BCUT2D eigenvalue weighted by Gasteiger charge is 2.10. The van der Waals surface area contributed by atoms with E-state index in [2.05, 4.69) is 0 Å². The number of anilines is 2. The summed E-state index contributed by atoms with van der Waals surface area (Å²) in [7, 11) is 1.90. The van der Waals surface area contributed by atoms with Crippen molar-refractivity contribution in [3.63, 3.8) is 0 Å². The zero-order chi connectivity index (χ0) is 14.7. The van der Waals surface area contributed by atoms with Gasteiger partial charge in [0.25, 0.3) is 0 Å². The Morgan fingerprint density at radius 3 is 2.45 bits per heavy atom. The second kappa shape index (κ2) is 5.84. The van der Waals surface area contributed by atoms with Gasteiger partial charge in [0.15, 0.2) is 0 Å². The molecule has 20 heavy (non-hydrogen) atoms. The number of rotatable bonds is 4. The van der Waals surface area contributed by atoms with Gasteiger partial charge in [-0.05, 0) is 35.9 Å². The van der Waals surface area contributed by atoms with Crippen molar-refractivity contribution in [1.29, 1.82) is 0 Å². The van der Waals surface area contributed by atoms with Crippen LogP contribution in [-0.2, 0) is 6.54 Å². The summed E-state index contributed by atoms with van der Waals surface area (Å²) >= 11 is 5.85. The predicted octanol–water partition coefficient (Wildman–Crippen LogP) is 3.26. The molecule has 0 radical (unpaired) electrons. The minimum absolute atomic E-state index is 0.186. The van der Waals surface area contributed by atoms with Gasteiger partial charge in [0.1, 0.15) is 0 Å². The Balaban J connectivity index is 2.18. The second-order valence-electron chi connectivity index (χ2n) is 4.56. The summed E-state index contributed by atoms with van der Waals surface area (Å²) in [6, 6.07) is 12.3. The SMILES string of the molecule is CN(Cc1ccc(Cl)cc1)c1ccc(C(=O)O)cc1N. The van der Waals surface area contributed by atoms with Gasteiger partial charge in [-0.25, -0.2) is 4.79 Å². The van der Waals surface area contributed by atoms with E-state index in [-0.39, 0.29) is 5.56 Å². The number of hydrogen-bond acceptors (Lipinski definition) is 3. The maximum absolute atomic E-state index is 10.9. The molecular formula is C15H15ClN2O2. The molecule has 2 rings (SSSR count). The number of aromatic carboxylic acids is 1. The van der Waals surface area contributed by atoms with Gasteiger partial charge in [0.2, 0.25) is 0 Å². The number of halogens is 1. The molecule has 0 aliphatic rings. The van der Waals surface area contributed by atoms with Gasteiger partial charge in [-0.3, -0.25) is 0 Å². The summed E-state index contributed by atoms with van der Waals surface area (Å²) in [6.07, 6.45) is 0. The number of benzene rings is 2. The van der Waals surface area contributed by atoms with E-state index in [1.54, 1.807) is 12.1 Å². The second-order valence-corrected chi connectivity index (χ2v) is 5.00. The Morgan fingerprint density at radius 1 is 1.25 bits per heavy atom. The first-order chi connectivity index (χ1) is 9.47. The van der Waals surface area contributed by atoms with Crippen LogP contribution in [0.25, 0.3) is 0 Å². The molecule has 0 saturated heterocycles. The van der Waals surface area contributed by atoms with Gasteiger partial charge in [0, 0.05) is 18.6 Å². The number of hydrogen-bond donors (Lipinski definition) is 2. The molecule has 4 nitrogen and oxygen atoms in total. The van der Waals surface area contributed by atoms with Gasteiger partial charge in [-0.2, -0.15) is 0 Å². The largest absolute Gasteiger partial charge is 0.478 e. The van der Waals surface area contributed by atoms with E-state index in [1.165, 1.54) is 6.07 Å². The van der Waals surface area contributed by atoms with E-state index in [1.807, 2.05) is 36.2 Å². The molecule has 0 amide bonds. The minimum Gasteiger partial charge on any atom is -0.478 e. The highest BCUT2D eigenvalue weighted by Crippen LogP contribution is 2.25. The molecule has 0 aromatic heterocycles.